The second-order valence-electron chi connectivity index (χ2n) is 10.7. The van der Waals surface area contributed by atoms with Crippen LogP contribution in [0.2, 0.25) is 0 Å². The second-order valence-corrected chi connectivity index (χ2v) is 10.7. The van der Waals surface area contributed by atoms with Gasteiger partial charge in [-0.2, -0.15) is 0 Å². The van der Waals surface area contributed by atoms with Crippen LogP contribution in [0.25, 0.3) is 0 Å². The van der Waals surface area contributed by atoms with Gasteiger partial charge in [0.15, 0.2) is 0 Å². The Morgan fingerprint density at radius 1 is 0.711 bits per heavy atom. The molecule has 10 heteroatoms. The maximum atomic E-state index is 14.7. The standard InChI is InChI=1S/C28H38F4O6/c1-6-27(37,11-16-7-18(29)23(14(2)3)19(30)8-16)26(36)28(38,25(35)22(34)13-33)12-17-9-20(31)24(15(4)5)21(32)10-17/h7-10,14-15,22,25-26,33-38H,6,11-13H2,1-5H3/t22-,25+,26+,27?,28+/m0/s1. The maximum absolute atomic E-state index is 14.7. The predicted octanol–water partition coefficient (Wildman–Crippen LogP) is 3.22. The molecule has 2 aromatic rings. The van der Waals surface area contributed by atoms with Gasteiger partial charge in [0.05, 0.1) is 12.2 Å². The van der Waals surface area contributed by atoms with Gasteiger partial charge in [-0.1, -0.05) is 34.6 Å². The Morgan fingerprint density at radius 2 is 1.08 bits per heavy atom. The Hall–Kier alpha value is -2.08. The van der Waals surface area contributed by atoms with E-state index in [1.54, 1.807) is 27.7 Å². The van der Waals surface area contributed by atoms with Crippen molar-refractivity contribution in [3.8, 4) is 0 Å². The first-order chi connectivity index (χ1) is 17.5. The summed E-state index contributed by atoms with van der Waals surface area (Å²) in [6.07, 6.45) is -8.37. The SMILES string of the molecule is CCC(O)(Cc1cc(F)c(C(C)C)c(F)c1)[C@@H](O)[C@@](O)(Cc1cc(F)c(C(C)C)c(F)c1)[C@H](O)[C@@H](O)CO. The summed E-state index contributed by atoms with van der Waals surface area (Å²) < 4.78 is 58.5. The van der Waals surface area contributed by atoms with Crippen LogP contribution < -0.4 is 0 Å². The van der Waals surface area contributed by atoms with Crippen LogP contribution in [0.1, 0.15) is 75.1 Å². The van der Waals surface area contributed by atoms with Crippen molar-refractivity contribution in [3.63, 3.8) is 0 Å². The van der Waals surface area contributed by atoms with Gasteiger partial charge < -0.3 is 30.6 Å². The zero-order valence-corrected chi connectivity index (χ0v) is 22.2. The molecule has 5 atom stereocenters. The van der Waals surface area contributed by atoms with Gasteiger partial charge >= 0.3 is 0 Å². The molecular formula is C28H38F4O6. The average Bonchev–Trinajstić information content (AvgIpc) is 2.80. The van der Waals surface area contributed by atoms with Gasteiger partial charge in [0.1, 0.15) is 47.2 Å². The van der Waals surface area contributed by atoms with Crippen molar-refractivity contribution < 1.29 is 48.2 Å². The summed E-state index contributed by atoms with van der Waals surface area (Å²) >= 11 is 0. The number of rotatable bonds is 12. The summed E-state index contributed by atoms with van der Waals surface area (Å²) in [4.78, 5) is 0. The monoisotopic (exact) mass is 546 g/mol. The van der Waals surface area contributed by atoms with Crippen molar-refractivity contribution in [2.24, 2.45) is 0 Å². The molecule has 214 valence electrons. The van der Waals surface area contributed by atoms with Crippen LogP contribution in [0, 0.1) is 23.3 Å². The molecule has 0 heterocycles. The fraction of sp³-hybridized carbons (Fsp3) is 0.571. The molecule has 0 radical (unpaired) electrons. The van der Waals surface area contributed by atoms with Gasteiger partial charge in [-0.05, 0) is 53.6 Å². The average molecular weight is 547 g/mol. The zero-order valence-electron chi connectivity index (χ0n) is 22.2. The molecule has 6 N–H and O–H groups in total. The third kappa shape index (κ3) is 6.55. The Labute approximate surface area is 220 Å². The first kappa shape index (κ1) is 32.1. The van der Waals surface area contributed by atoms with Crippen molar-refractivity contribution >= 4 is 0 Å². The highest BCUT2D eigenvalue weighted by atomic mass is 19.1. The van der Waals surface area contributed by atoms with E-state index in [1.807, 2.05) is 0 Å². The van der Waals surface area contributed by atoms with Crippen molar-refractivity contribution in [1.29, 1.82) is 0 Å². The van der Waals surface area contributed by atoms with Crippen LogP contribution in [-0.2, 0) is 12.8 Å². The minimum atomic E-state index is -2.86. The van der Waals surface area contributed by atoms with Gasteiger partial charge in [0.2, 0.25) is 0 Å². The highest BCUT2D eigenvalue weighted by molar-refractivity contribution is 5.32. The van der Waals surface area contributed by atoms with E-state index in [1.165, 1.54) is 6.92 Å². The van der Waals surface area contributed by atoms with E-state index in [9.17, 15) is 48.2 Å². The first-order valence-electron chi connectivity index (χ1n) is 12.6. The summed E-state index contributed by atoms with van der Waals surface area (Å²) in [5.41, 5.74) is -5.86. The Bertz CT molecular complexity index is 1060. The molecule has 2 rings (SSSR count). The largest absolute Gasteiger partial charge is 0.394 e. The second kappa shape index (κ2) is 12.4. The molecule has 0 amide bonds. The van der Waals surface area contributed by atoms with Crippen LogP contribution >= 0.6 is 0 Å². The van der Waals surface area contributed by atoms with Gasteiger partial charge in [0.25, 0.3) is 0 Å². The van der Waals surface area contributed by atoms with Gasteiger partial charge in [-0.3, -0.25) is 0 Å². The van der Waals surface area contributed by atoms with Crippen LogP contribution in [0.15, 0.2) is 24.3 Å². The van der Waals surface area contributed by atoms with Crippen molar-refractivity contribution in [1.82, 2.24) is 0 Å². The number of hydrogen-bond donors (Lipinski definition) is 6. The van der Waals surface area contributed by atoms with E-state index >= 15 is 0 Å². The van der Waals surface area contributed by atoms with Crippen LogP contribution in [0.5, 0.6) is 0 Å². The lowest BCUT2D eigenvalue weighted by Crippen LogP contribution is -2.66. The van der Waals surface area contributed by atoms with Crippen molar-refractivity contribution in [3.05, 3.63) is 69.8 Å². The van der Waals surface area contributed by atoms with E-state index in [4.69, 9.17) is 0 Å². The van der Waals surface area contributed by atoms with E-state index in [2.05, 4.69) is 0 Å². The van der Waals surface area contributed by atoms with Crippen molar-refractivity contribution in [2.45, 2.75) is 95.2 Å². The molecule has 0 fully saturated rings. The minimum absolute atomic E-state index is 0.0641. The van der Waals surface area contributed by atoms with E-state index < -0.39 is 84.1 Å². The smallest absolute Gasteiger partial charge is 0.129 e. The Kier molecular flexibility index (Phi) is 10.5. The number of aliphatic hydroxyl groups is 6. The molecule has 0 aliphatic rings. The summed E-state index contributed by atoms with van der Waals surface area (Å²) in [6.45, 7) is 6.70. The third-order valence-electron chi connectivity index (χ3n) is 7.09. The minimum Gasteiger partial charge on any atom is -0.394 e. The number of halogens is 4. The van der Waals surface area contributed by atoms with Gasteiger partial charge in [-0.15, -0.1) is 0 Å². The molecule has 0 bridgehead atoms. The maximum Gasteiger partial charge on any atom is 0.129 e. The number of aliphatic hydroxyl groups excluding tert-OH is 4. The molecule has 2 aromatic carbocycles. The predicted molar refractivity (Wildman–Crippen MR) is 134 cm³/mol. The molecule has 0 aromatic heterocycles. The third-order valence-corrected chi connectivity index (χ3v) is 7.09. The number of hydrogen-bond acceptors (Lipinski definition) is 6. The van der Waals surface area contributed by atoms with E-state index in [-0.39, 0.29) is 28.7 Å². The molecule has 1 unspecified atom stereocenters. The highest BCUT2D eigenvalue weighted by Gasteiger charge is 2.54. The lowest BCUT2D eigenvalue weighted by molar-refractivity contribution is -0.229. The molecule has 0 saturated heterocycles. The Morgan fingerprint density at radius 3 is 1.39 bits per heavy atom. The molecule has 0 aliphatic heterocycles. The van der Waals surface area contributed by atoms with E-state index in [0.717, 1.165) is 24.3 Å². The highest BCUT2D eigenvalue weighted by Crippen LogP contribution is 2.36. The fourth-order valence-electron chi connectivity index (χ4n) is 4.94. The topological polar surface area (TPSA) is 121 Å². The van der Waals surface area contributed by atoms with Crippen LogP contribution in [0.3, 0.4) is 0 Å². The van der Waals surface area contributed by atoms with Gasteiger partial charge in [-0.25, -0.2) is 17.6 Å². The zero-order chi connectivity index (χ0) is 29.2. The summed E-state index contributed by atoms with van der Waals surface area (Å²) in [7, 11) is 0. The van der Waals surface area contributed by atoms with Gasteiger partial charge in [0, 0.05) is 24.0 Å². The lowest BCUT2D eigenvalue weighted by atomic mass is 9.72. The summed E-state index contributed by atoms with van der Waals surface area (Å²) in [6, 6.07) is 3.77. The lowest BCUT2D eigenvalue weighted by Gasteiger charge is -2.46. The molecular weight excluding hydrogens is 508 g/mol. The molecule has 0 aliphatic carbocycles. The quantitative estimate of drug-likeness (QED) is 0.228. The normalized spacial score (nSPS) is 17.8. The summed E-state index contributed by atoms with van der Waals surface area (Å²) in [5.74, 6) is -4.60. The molecule has 0 saturated carbocycles. The fourth-order valence-corrected chi connectivity index (χ4v) is 4.94. The molecule has 38 heavy (non-hydrogen) atoms. The summed E-state index contributed by atoms with van der Waals surface area (Å²) in [5, 5.41) is 64.3. The molecule has 0 spiro atoms. The molecule has 6 nitrogen and oxygen atoms in total. The van der Waals surface area contributed by atoms with Crippen molar-refractivity contribution in [2.75, 3.05) is 6.61 Å². The van der Waals surface area contributed by atoms with Crippen LogP contribution in [0.4, 0.5) is 17.6 Å². The Balaban J connectivity index is 2.57. The first-order valence-corrected chi connectivity index (χ1v) is 12.6. The van der Waals surface area contributed by atoms with Crippen LogP contribution in [-0.4, -0.2) is 66.8 Å². The van der Waals surface area contributed by atoms with E-state index in [0.29, 0.717) is 0 Å². The number of benzene rings is 2.